The Kier molecular flexibility index (Phi) is 5.87. The van der Waals surface area contributed by atoms with Gasteiger partial charge >= 0.3 is 0 Å². The van der Waals surface area contributed by atoms with E-state index in [-0.39, 0.29) is 0 Å². The molecule has 0 aliphatic carbocycles. The van der Waals surface area contributed by atoms with Gasteiger partial charge in [-0.15, -0.1) is 0 Å². The highest BCUT2D eigenvalue weighted by atomic mass is 32.2. The van der Waals surface area contributed by atoms with Gasteiger partial charge in [-0.05, 0) is 44.0 Å². The molecule has 2 fully saturated rings. The van der Waals surface area contributed by atoms with Gasteiger partial charge in [0.05, 0.1) is 17.7 Å². The van der Waals surface area contributed by atoms with E-state index in [1.165, 1.54) is 0 Å². The Bertz CT molecular complexity index is 849. The van der Waals surface area contributed by atoms with Gasteiger partial charge in [-0.2, -0.15) is 4.31 Å². The Morgan fingerprint density at radius 1 is 0.964 bits per heavy atom. The average Bonchev–Trinajstić information content (AvgIpc) is 3.22. The first-order chi connectivity index (χ1) is 13.5. The van der Waals surface area contributed by atoms with Crippen LogP contribution in [0.4, 0.5) is 0 Å². The molecule has 7 heteroatoms. The molecule has 152 valence electrons. The minimum Gasteiger partial charge on any atom is -0.468 e. The number of likely N-dealkylation sites (tertiary alicyclic amines) is 1. The van der Waals surface area contributed by atoms with Gasteiger partial charge in [-0.1, -0.05) is 17.7 Å². The molecule has 2 saturated heterocycles. The number of piperazine rings is 1. The van der Waals surface area contributed by atoms with Crippen molar-refractivity contribution in [3.63, 3.8) is 0 Å². The van der Waals surface area contributed by atoms with Crippen molar-refractivity contribution in [3.8, 4) is 0 Å². The molecule has 0 unspecified atom stereocenters. The molecule has 2 aromatic rings. The molecule has 0 radical (unpaired) electrons. The summed E-state index contributed by atoms with van der Waals surface area (Å²) in [6.45, 7) is 7.74. The molecule has 0 atom stereocenters. The molecule has 6 nitrogen and oxygen atoms in total. The number of furan rings is 1. The average molecular weight is 404 g/mol. The third-order valence-corrected chi connectivity index (χ3v) is 7.88. The quantitative estimate of drug-likeness (QED) is 0.768. The van der Waals surface area contributed by atoms with Crippen molar-refractivity contribution in [1.82, 2.24) is 14.1 Å². The number of rotatable bonds is 5. The van der Waals surface area contributed by atoms with Crippen LogP contribution < -0.4 is 0 Å². The van der Waals surface area contributed by atoms with Crippen LogP contribution in [0.15, 0.2) is 52.0 Å². The third-order valence-electron chi connectivity index (χ3n) is 5.97. The zero-order valence-corrected chi connectivity index (χ0v) is 17.3. The number of aryl methyl sites for hydroxylation is 1. The maximum atomic E-state index is 12.9. The number of hydrogen-bond acceptors (Lipinski definition) is 5. The van der Waals surface area contributed by atoms with Gasteiger partial charge in [0.15, 0.2) is 0 Å². The molecule has 1 aromatic heterocycles. The van der Waals surface area contributed by atoms with Crippen molar-refractivity contribution in [2.45, 2.75) is 37.2 Å². The zero-order chi connectivity index (χ0) is 19.6. The fourth-order valence-corrected chi connectivity index (χ4v) is 5.66. The topological polar surface area (TPSA) is 57.0 Å². The van der Waals surface area contributed by atoms with Crippen LogP contribution >= 0.6 is 0 Å². The normalized spacial score (nSPS) is 21.2. The first-order valence-corrected chi connectivity index (χ1v) is 11.5. The molecule has 28 heavy (non-hydrogen) atoms. The number of nitrogens with zero attached hydrogens (tertiary/aromatic N) is 3. The number of piperidine rings is 1. The first kappa shape index (κ1) is 19.6. The molecule has 3 heterocycles. The molecule has 2 aliphatic heterocycles. The summed E-state index contributed by atoms with van der Waals surface area (Å²) in [5.74, 6) is 1.02. The Labute approximate surface area is 167 Å². The van der Waals surface area contributed by atoms with E-state index >= 15 is 0 Å². The molecule has 0 spiro atoms. The SMILES string of the molecule is Cc1ccc(S(=O)(=O)N2CCN(C3CCN(Cc4ccco4)CC3)CC2)cc1. The molecule has 2 aliphatic rings. The summed E-state index contributed by atoms with van der Waals surface area (Å²) in [4.78, 5) is 5.32. The van der Waals surface area contributed by atoms with Crippen LogP contribution in [0.25, 0.3) is 0 Å². The molecule has 0 bridgehead atoms. The van der Waals surface area contributed by atoms with Gasteiger partial charge < -0.3 is 4.42 Å². The van der Waals surface area contributed by atoms with Crippen molar-refractivity contribution < 1.29 is 12.8 Å². The molecule has 0 amide bonds. The van der Waals surface area contributed by atoms with E-state index in [0.29, 0.717) is 24.0 Å². The van der Waals surface area contributed by atoms with Gasteiger partial charge in [-0.3, -0.25) is 9.80 Å². The van der Waals surface area contributed by atoms with Gasteiger partial charge in [0.2, 0.25) is 10.0 Å². The third kappa shape index (κ3) is 4.33. The second-order valence-electron chi connectivity index (χ2n) is 7.84. The van der Waals surface area contributed by atoms with E-state index in [0.717, 1.165) is 56.9 Å². The lowest BCUT2D eigenvalue weighted by Gasteiger charge is -2.42. The molecule has 0 N–H and O–H groups in total. The van der Waals surface area contributed by atoms with Crippen molar-refractivity contribution >= 4 is 10.0 Å². The first-order valence-electron chi connectivity index (χ1n) is 10.1. The van der Waals surface area contributed by atoms with Crippen LogP contribution in [0.1, 0.15) is 24.2 Å². The van der Waals surface area contributed by atoms with Crippen molar-refractivity contribution in [2.75, 3.05) is 39.3 Å². The maximum Gasteiger partial charge on any atom is 0.243 e. The summed E-state index contributed by atoms with van der Waals surface area (Å²) in [5, 5.41) is 0. The Morgan fingerprint density at radius 3 is 2.25 bits per heavy atom. The zero-order valence-electron chi connectivity index (χ0n) is 16.5. The predicted octanol–water partition coefficient (Wildman–Crippen LogP) is 2.56. The van der Waals surface area contributed by atoms with E-state index in [1.807, 2.05) is 31.2 Å². The van der Waals surface area contributed by atoms with Crippen molar-refractivity contribution in [2.24, 2.45) is 0 Å². The lowest BCUT2D eigenvalue weighted by Crippen LogP contribution is -2.54. The summed E-state index contributed by atoms with van der Waals surface area (Å²) >= 11 is 0. The lowest BCUT2D eigenvalue weighted by molar-refractivity contribution is 0.0762. The smallest absolute Gasteiger partial charge is 0.243 e. The summed E-state index contributed by atoms with van der Waals surface area (Å²) in [5.41, 5.74) is 1.07. The Balaban J connectivity index is 1.28. The highest BCUT2D eigenvalue weighted by Crippen LogP contribution is 2.23. The van der Waals surface area contributed by atoms with Crippen LogP contribution in [-0.4, -0.2) is 67.8 Å². The van der Waals surface area contributed by atoms with Gasteiger partial charge in [-0.25, -0.2) is 8.42 Å². The highest BCUT2D eigenvalue weighted by Gasteiger charge is 2.32. The van der Waals surface area contributed by atoms with E-state index < -0.39 is 10.0 Å². The van der Waals surface area contributed by atoms with Crippen molar-refractivity contribution in [1.29, 1.82) is 0 Å². The second kappa shape index (κ2) is 8.37. The Hall–Kier alpha value is -1.67. The summed E-state index contributed by atoms with van der Waals surface area (Å²) in [6, 6.07) is 11.7. The van der Waals surface area contributed by atoms with E-state index in [1.54, 1.807) is 22.7 Å². The fraction of sp³-hybridized carbons (Fsp3) is 0.524. The second-order valence-corrected chi connectivity index (χ2v) is 9.78. The monoisotopic (exact) mass is 403 g/mol. The van der Waals surface area contributed by atoms with Gasteiger partial charge in [0, 0.05) is 45.3 Å². The summed E-state index contributed by atoms with van der Waals surface area (Å²) < 4.78 is 32.8. The van der Waals surface area contributed by atoms with Crippen LogP contribution in [0.2, 0.25) is 0 Å². The van der Waals surface area contributed by atoms with Gasteiger partial charge in [0.1, 0.15) is 5.76 Å². The van der Waals surface area contributed by atoms with E-state index in [2.05, 4.69) is 9.80 Å². The largest absolute Gasteiger partial charge is 0.468 e. The minimum absolute atomic E-state index is 0.401. The predicted molar refractivity (Wildman–Crippen MR) is 109 cm³/mol. The molecular formula is C21H29N3O3S. The maximum absolute atomic E-state index is 12.9. The van der Waals surface area contributed by atoms with Crippen LogP contribution in [-0.2, 0) is 16.6 Å². The van der Waals surface area contributed by atoms with E-state index in [9.17, 15) is 8.42 Å². The molecular weight excluding hydrogens is 374 g/mol. The Morgan fingerprint density at radius 2 is 1.64 bits per heavy atom. The van der Waals surface area contributed by atoms with Crippen LogP contribution in [0.3, 0.4) is 0 Å². The lowest BCUT2D eigenvalue weighted by atomic mass is 10.0. The van der Waals surface area contributed by atoms with Crippen LogP contribution in [0, 0.1) is 6.92 Å². The minimum atomic E-state index is -3.38. The van der Waals surface area contributed by atoms with Crippen molar-refractivity contribution in [3.05, 3.63) is 54.0 Å². The summed E-state index contributed by atoms with van der Waals surface area (Å²) in [7, 11) is -3.38. The highest BCUT2D eigenvalue weighted by molar-refractivity contribution is 7.89. The molecule has 0 saturated carbocycles. The fourth-order valence-electron chi connectivity index (χ4n) is 4.23. The number of benzene rings is 1. The van der Waals surface area contributed by atoms with Crippen LogP contribution in [0.5, 0.6) is 0 Å². The standard InChI is InChI=1S/C21H29N3O3S/c1-18-4-6-21(7-5-18)28(25,26)24-14-12-23(13-15-24)19-8-10-22(11-9-19)17-20-3-2-16-27-20/h2-7,16,19H,8-15,17H2,1H3. The molecule has 1 aromatic carbocycles. The van der Waals surface area contributed by atoms with Gasteiger partial charge in [0.25, 0.3) is 0 Å². The summed E-state index contributed by atoms with van der Waals surface area (Å²) in [6.07, 6.45) is 3.99. The van der Waals surface area contributed by atoms with E-state index in [4.69, 9.17) is 4.42 Å². The number of sulfonamides is 1. The number of hydrogen-bond donors (Lipinski definition) is 0. The molecule has 4 rings (SSSR count).